The highest BCUT2D eigenvalue weighted by Gasteiger charge is 2.28. The van der Waals surface area contributed by atoms with Gasteiger partial charge in [0.2, 0.25) is 0 Å². The van der Waals surface area contributed by atoms with E-state index < -0.39 is 21.7 Å². The quantitative estimate of drug-likeness (QED) is 0.545. The molecule has 1 atom stereocenters. The summed E-state index contributed by atoms with van der Waals surface area (Å²) in [6.07, 6.45) is 3.13. The van der Waals surface area contributed by atoms with Crippen LogP contribution in [0, 0.1) is 6.92 Å². The molecule has 0 amide bonds. The van der Waals surface area contributed by atoms with Crippen molar-refractivity contribution >= 4 is 16.1 Å². The summed E-state index contributed by atoms with van der Waals surface area (Å²) in [5.74, 6) is -1.13. The van der Waals surface area contributed by atoms with Gasteiger partial charge in [0.25, 0.3) is 10.1 Å². The van der Waals surface area contributed by atoms with Gasteiger partial charge in [-0.15, -0.1) is 0 Å². The highest BCUT2D eigenvalue weighted by Crippen LogP contribution is 2.14. The van der Waals surface area contributed by atoms with E-state index >= 15 is 0 Å². The van der Waals surface area contributed by atoms with Crippen LogP contribution < -0.4 is 0 Å². The first kappa shape index (κ1) is 20.6. The Hall–Kier alpha value is -1.44. The smallest absolute Gasteiger partial charge is 0.335 e. The number of unbranched alkanes of at least 4 members (excludes halogenated alkanes) is 2. The van der Waals surface area contributed by atoms with E-state index in [1.807, 2.05) is 13.8 Å². The molecule has 0 saturated heterocycles. The van der Waals surface area contributed by atoms with Gasteiger partial charge >= 0.3 is 5.97 Å². The Morgan fingerprint density at radius 1 is 1.18 bits per heavy atom. The molecule has 0 saturated carbocycles. The fourth-order valence-electron chi connectivity index (χ4n) is 1.54. The Bertz CT molecular complexity index is 560. The summed E-state index contributed by atoms with van der Waals surface area (Å²) in [7, 11) is -4.02. The molecule has 3 N–H and O–H groups in total. The Morgan fingerprint density at radius 2 is 1.68 bits per heavy atom. The number of hydrogen-bond donors (Lipinski definition) is 3. The summed E-state index contributed by atoms with van der Waals surface area (Å²) in [6.45, 7) is 5.22. The first-order valence-electron chi connectivity index (χ1n) is 7.00. The van der Waals surface area contributed by atoms with E-state index in [0.29, 0.717) is 6.42 Å². The molecule has 1 unspecified atom stereocenters. The molecule has 7 heteroatoms. The van der Waals surface area contributed by atoms with Gasteiger partial charge in [-0.3, -0.25) is 4.55 Å². The number of rotatable bonds is 6. The number of aliphatic hydroxyl groups is 1. The monoisotopic (exact) mass is 332 g/mol. The van der Waals surface area contributed by atoms with Crippen molar-refractivity contribution in [3.05, 3.63) is 29.8 Å². The maximum Gasteiger partial charge on any atom is 0.335 e. The molecule has 0 aromatic heterocycles. The second kappa shape index (κ2) is 8.87. The van der Waals surface area contributed by atoms with Crippen molar-refractivity contribution in [1.29, 1.82) is 0 Å². The second-order valence-corrected chi connectivity index (χ2v) is 6.75. The molecule has 0 aliphatic heterocycles. The minimum Gasteiger partial charge on any atom is -0.479 e. The Kier molecular flexibility index (Phi) is 8.29. The number of carbonyl (C=O) groups is 1. The van der Waals surface area contributed by atoms with E-state index in [1.54, 1.807) is 12.1 Å². The lowest BCUT2D eigenvalue weighted by Gasteiger charge is -2.16. The van der Waals surface area contributed by atoms with Crippen molar-refractivity contribution in [1.82, 2.24) is 0 Å². The molecule has 0 fully saturated rings. The summed E-state index contributed by atoms with van der Waals surface area (Å²) in [5, 5.41) is 17.7. The van der Waals surface area contributed by atoms with Gasteiger partial charge in [0.15, 0.2) is 5.60 Å². The molecule has 1 aromatic carbocycles. The highest BCUT2D eigenvalue weighted by atomic mass is 32.2. The molecule has 1 aromatic rings. The molecule has 22 heavy (non-hydrogen) atoms. The van der Waals surface area contributed by atoms with Crippen LogP contribution in [0.1, 0.15) is 45.1 Å². The first-order valence-corrected chi connectivity index (χ1v) is 8.44. The fraction of sp³-hybridized carbons (Fsp3) is 0.533. The Balaban J connectivity index is 0.000000401. The first-order chi connectivity index (χ1) is 10.0. The van der Waals surface area contributed by atoms with Crippen molar-refractivity contribution in [2.75, 3.05) is 0 Å². The average molecular weight is 332 g/mol. The van der Waals surface area contributed by atoms with Gasteiger partial charge in [-0.1, -0.05) is 37.5 Å². The van der Waals surface area contributed by atoms with Crippen molar-refractivity contribution in [2.45, 2.75) is 57.0 Å². The standard InChI is InChI=1S/C8H16O3.C7H8O3S/c1-3-4-5-6-8(2,11)7(9)10;1-6-2-4-7(5-3-6)11(8,9)10/h11H,3-6H2,1-2H3,(H,9,10);2-5H,1H3,(H,8,9,10). The highest BCUT2D eigenvalue weighted by molar-refractivity contribution is 7.85. The van der Waals surface area contributed by atoms with Crippen LogP contribution in [0.5, 0.6) is 0 Å². The van der Waals surface area contributed by atoms with Crippen LogP contribution in [0.4, 0.5) is 0 Å². The van der Waals surface area contributed by atoms with E-state index in [2.05, 4.69) is 0 Å². The maximum absolute atomic E-state index is 10.5. The molecule has 0 spiro atoms. The zero-order chi connectivity index (χ0) is 17.4. The largest absolute Gasteiger partial charge is 0.479 e. The fourth-order valence-corrected chi connectivity index (χ4v) is 2.02. The van der Waals surface area contributed by atoms with E-state index in [4.69, 9.17) is 9.66 Å². The topological polar surface area (TPSA) is 112 Å². The zero-order valence-corrected chi connectivity index (χ0v) is 13.9. The SMILES string of the molecule is CCCCCC(C)(O)C(=O)O.Cc1ccc(S(=O)(=O)O)cc1. The summed E-state index contributed by atoms with van der Waals surface area (Å²) < 4.78 is 29.6. The van der Waals surface area contributed by atoms with Crippen LogP contribution >= 0.6 is 0 Å². The lowest BCUT2D eigenvalue weighted by atomic mass is 9.99. The Morgan fingerprint density at radius 3 is 2.05 bits per heavy atom. The lowest BCUT2D eigenvalue weighted by Crippen LogP contribution is -2.34. The van der Waals surface area contributed by atoms with E-state index in [1.165, 1.54) is 19.1 Å². The molecule has 6 nitrogen and oxygen atoms in total. The molecule has 0 heterocycles. The third-order valence-electron chi connectivity index (χ3n) is 3.05. The van der Waals surface area contributed by atoms with Gasteiger partial charge < -0.3 is 10.2 Å². The lowest BCUT2D eigenvalue weighted by molar-refractivity contribution is -0.157. The third kappa shape index (κ3) is 8.11. The molecule has 126 valence electrons. The van der Waals surface area contributed by atoms with Crippen molar-refractivity contribution in [3.63, 3.8) is 0 Å². The molecular formula is C15H24O6S. The van der Waals surface area contributed by atoms with E-state index in [0.717, 1.165) is 24.8 Å². The van der Waals surface area contributed by atoms with E-state index in [9.17, 15) is 18.3 Å². The number of benzene rings is 1. The predicted octanol–water partition coefficient (Wildman–Crippen LogP) is 2.64. The maximum atomic E-state index is 10.5. The third-order valence-corrected chi connectivity index (χ3v) is 3.91. The van der Waals surface area contributed by atoms with Crippen LogP contribution in [0.25, 0.3) is 0 Å². The summed E-state index contributed by atoms with van der Waals surface area (Å²) in [5.41, 5.74) is -0.577. The Labute approximate surface area is 131 Å². The number of carboxylic acid groups (broad SMARTS) is 1. The van der Waals surface area contributed by atoms with Crippen LogP contribution in [0.3, 0.4) is 0 Å². The zero-order valence-electron chi connectivity index (χ0n) is 13.1. The van der Waals surface area contributed by atoms with Gasteiger partial charge in [-0.05, 0) is 38.8 Å². The predicted molar refractivity (Wildman–Crippen MR) is 83.4 cm³/mol. The minimum absolute atomic E-state index is 0.0666. The van der Waals surface area contributed by atoms with Crippen LogP contribution in [0.2, 0.25) is 0 Å². The second-order valence-electron chi connectivity index (χ2n) is 5.32. The van der Waals surface area contributed by atoms with Gasteiger partial charge in [0, 0.05) is 0 Å². The van der Waals surface area contributed by atoms with E-state index in [-0.39, 0.29) is 4.90 Å². The molecule has 0 radical (unpaired) electrons. The number of aliphatic carboxylic acids is 1. The van der Waals surface area contributed by atoms with Gasteiger partial charge in [0.1, 0.15) is 0 Å². The van der Waals surface area contributed by atoms with Crippen LogP contribution in [-0.2, 0) is 14.9 Å². The molecular weight excluding hydrogens is 308 g/mol. The van der Waals surface area contributed by atoms with Crippen LogP contribution in [-0.4, -0.2) is 34.8 Å². The average Bonchev–Trinajstić information content (AvgIpc) is 2.39. The number of carboxylic acids is 1. The molecule has 1 rings (SSSR count). The summed E-state index contributed by atoms with van der Waals surface area (Å²) in [4.78, 5) is 10.3. The summed E-state index contributed by atoms with van der Waals surface area (Å²) in [6, 6.07) is 5.99. The van der Waals surface area contributed by atoms with Crippen molar-refractivity contribution < 1.29 is 28.0 Å². The van der Waals surface area contributed by atoms with Crippen molar-refractivity contribution in [2.24, 2.45) is 0 Å². The number of aryl methyl sites for hydroxylation is 1. The minimum atomic E-state index is -4.02. The summed E-state index contributed by atoms with van der Waals surface area (Å²) >= 11 is 0. The number of hydrogen-bond acceptors (Lipinski definition) is 4. The molecule has 0 aliphatic carbocycles. The van der Waals surface area contributed by atoms with Crippen LogP contribution in [0.15, 0.2) is 29.2 Å². The van der Waals surface area contributed by atoms with Gasteiger partial charge in [0.05, 0.1) is 4.90 Å². The normalized spacial score (nSPS) is 13.7. The molecule has 0 bridgehead atoms. The molecule has 0 aliphatic rings. The van der Waals surface area contributed by atoms with Gasteiger partial charge in [-0.25, -0.2) is 4.79 Å². The van der Waals surface area contributed by atoms with Gasteiger partial charge in [-0.2, -0.15) is 8.42 Å². The van der Waals surface area contributed by atoms with Crippen molar-refractivity contribution in [3.8, 4) is 0 Å².